The lowest BCUT2D eigenvalue weighted by Gasteiger charge is -2.19. The summed E-state index contributed by atoms with van der Waals surface area (Å²) in [6.45, 7) is 4.06. The van der Waals surface area contributed by atoms with E-state index in [4.69, 9.17) is 16.3 Å². The summed E-state index contributed by atoms with van der Waals surface area (Å²) in [5.74, 6) is 0.0630. The van der Waals surface area contributed by atoms with E-state index in [1.54, 1.807) is 12.1 Å². The molecule has 2 rings (SSSR count). The van der Waals surface area contributed by atoms with Crippen LogP contribution in [0.25, 0.3) is 0 Å². The predicted octanol–water partition coefficient (Wildman–Crippen LogP) is 1.61. The van der Waals surface area contributed by atoms with Gasteiger partial charge in [0.2, 0.25) is 5.91 Å². The van der Waals surface area contributed by atoms with Crippen LogP contribution in [-0.2, 0) is 9.59 Å². The van der Waals surface area contributed by atoms with E-state index in [0.29, 0.717) is 22.1 Å². The van der Waals surface area contributed by atoms with Crippen molar-refractivity contribution in [2.24, 2.45) is 0 Å². The zero-order chi connectivity index (χ0) is 14.7. The fourth-order valence-corrected chi connectivity index (χ4v) is 1.90. The van der Waals surface area contributed by atoms with Gasteiger partial charge in [-0.25, -0.2) is 0 Å². The molecule has 1 aliphatic rings. The van der Waals surface area contributed by atoms with Crippen molar-refractivity contribution in [2.75, 3.05) is 23.8 Å². The van der Waals surface area contributed by atoms with E-state index >= 15 is 0 Å². The number of amides is 2. The molecule has 0 spiro atoms. The highest BCUT2D eigenvalue weighted by atomic mass is 35.5. The molecule has 0 aliphatic carbocycles. The van der Waals surface area contributed by atoms with E-state index in [1.165, 1.54) is 0 Å². The molecule has 6 nitrogen and oxygen atoms in total. The summed E-state index contributed by atoms with van der Waals surface area (Å²) >= 11 is 6.07. The summed E-state index contributed by atoms with van der Waals surface area (Å²) in [6, 6.07) is 3.38. The third-order valence-electron chi connectivity index (χ3n) is 2.65. The molecule has 2 amide bonds. The van der Waals surface area contributed by atoms with Crippen LogP contribution in [0.15, 0.2) is 12.1 Å². The number of halogens is 1. The molecular formula is C13H16ClN3O3. The van der Waals surface area contributed by atoms with Gasteiger partial charge < -0.3 is 20.7 Å². The molecule has 0 aromatic heterocycles. The lowest BCUT2D eigenvalue weighted by Crippen LogP contribution is -2.32. The summed E-state index contributed by atoms with van der Waals surface area (Å²) in [7, 11) is 0. The van der Waals surface area contributed by atoms with E-state index in [0.717, 1.165) is 0 Å². The Kier molecular flexibility index (Phi) is 4.46. The van der Waals surface area contributed by atoms with Crippen molar-refractivity contribution in [2.45, 2.75) is 19.9 Å². The first-order valence-corrected chi connectivity index (χ1v) is 6.63. The molecule has 0 atom stereocenters. The first kappa shape index (κ1) is 14.6. The third-order valence-corrected chi connectivity index (χ3v) is 2.96. The molecule has 1 heterocycles. The number of carbonyl (C=O) groups is 2. The van der Waals surface area contributed by atoms with E-state index < -0.39 is 0 Å². The molecule has 20 heavy (non-hydrogen) atoms. The molecule has 1 aromatic rings. The first-order valence-electron chi connectivity index (χ1n) is 6.25. The van der Waals surface area contributed by atoms with Crippen LogP contribution >= 0.6 is 11.6 Å². The number of hydrogen-bond donors (Lipinski definition) is 3. The Morgan fingerprint density at radius 2 is 2.25 bits per heavy atom. The van der Waals surface area contributed by atoms with Gasteiger partial charge in [0.15, 0.2) is 6.61 Å². The predicted molar refractivity (Wildman–Crippen MR) is 77.3 cm³/mol. The maximum absolute atomic E-state index is 11.7. The second kappa shape index (κ2) is 6.11. The highest BCUT2D eigenvalue weighted by Crippen LogP contribution is 2.36. The van der Waals surface area contributed by atoms with Gasteiger partial charge in [-0.05, 0) is 6.07 Å². The summed E-state index contributed by atoms with van der Waals surface area (Å²) in [5.41, 5.74) is 0.960. The van der Waals surface area contributed by atoms with Gasteiger partial charge in [0, 0.05) is 12.1 Å². The van der Waals surface area contributed by atoms with Crippen molar-refractivity contribution in [1.29, 1.82) is 0 Å². The lowest BCUT2D eigenvalue weighted by atomic mass is 10.2. The van der Waals surface area contributed by atoms with Crippen LogP contribution < -0.4 is 20.7 Å². The van der Waals surface area contributed by atoms with Gasteiger partial charge in [0.25, 0.3) is 5.91 Å². The number of ether oxygens (including phenoxy) is 1. The molecule has 0 saturated heterocycles. The minimum Gasteiger partial charge on any atom is -0.482 e. The van der Waals surface area contributed by atoms with Crippen molar-refractivity contribution >= 4 is 34.8 Å². The number of carbonyl (C=O) groups excluding carboxylic acids is 2. The Bertz CT molecular complexity index is 546. The monoisotopic (exact) mass is 297 g/mol. The number of nitrogens with one attached hydrogen (secondary N) is 3. The largest absolute Gasteiger partial charge is 0.482 e. The summed E-state index contributed by atoms with van der Waals surface area (Å²) in [5, 5.41) is 8.70. The van der Waals surface area contributed by atoms with Crippen LogP contribution in [0.4, 0.5) is 11.4 Å². The first-order chi connectivity index (χ1) is 9.45. The Hall–Kier alpha value is -1.79. The van der Waals surface area contributed by atoms with Crippen LogP contribution in [0, 0.1) is 0 Å². The standard InChI is InChI=1S/C13H16ClN3O3/c1-7(2)15-5-12(18)16-9-4-11-10(3-8(9)14)17-13(19)6-20-11/h3-4,7,15H,5-6H2,1-2H3,(H,16,18)(H,17,19). The number of rotatable bonds is 4. The molecule has 3 N–H and O–H groups in total. The molecule has 0 unspecified atom stereocenters. The van der Waals surface area contributed by atoms with Crippen LogP contribution in [0.2, 0.25) is 5.02 Å². The van der Waals surface area contributed by atoms with Gasteiger partial charge in [0.05, 0.1) is 22.9 Å². The summed E-state index contributed by atoms with van der Waals surface area (Å²) in [4.78, 5) is 22.9. The zero-order valence-electron chi connectivity index (χ0n) is 11.2. The van der Waals surface area contributed by atoms with Crippen molar-refractivity contribution in [3.8, 4) is 5.75 Å². The molecular weight excluding hydrogens is 282 g/mol. The lowest BCUT2D eigenvalue weighted by molar-refractivity contribution is -0.118. The maximum Gasteiger partial charge on any atom is 0.262 e. The summed E-state index contributed by atoms with van der Waals surface area (Å²) in [6.07, 6.45) is 0. The van der Waals surface area contributed by atoms with E-state index in [2.05, 4.69) is 16.0 Å². The second-order valence-electron chi connectivity index (χ2n) is 4.75. The van der Waals surface area contributed by atoms with E-state index in [-0.39, 0.29) is 31.0 Å². The highest BCUT2D eigenvalue weighted by molar-refractivity contribution is 6.34. The van der Waals surface area contributed by atoms with Crippen LogP contribution in [0.3, 0.4) is 0 Å². The van der Waals surface area contributed by atoms with Gasteiger partial charge in [-0.1, -0.05) is 25.4 Å². The highest BCUT2D eigenvalue weighted by Gasteiger charge is 2.18. The molecule has 0 bridgehead atoms. The molecule has 7 heteroatoms. The van der Waals surface area contributed by atoms with Crippen molar-refractivity contribution in [3.63, 3.8) is 0 Å². The molecule has 108 valence electrons. The SMILES string of the molecule is CC(C)NCC(=O)Nc1cc2c(cc1Cl)NC(=O)CO2. The Balaban J connectivity index is 2.09. The molecule has 0 radical (unpaired) electrons. The second-order valence-corrected chi connectivity index (χ2v) is 5.16. The van der Waals surface area contributed by atoms with Crippen molar-refractivity contribution < 1.29 is 14.3 Å². The molecule has 1 aliphatic heterocycles. The molecule has 0 saturated carbocycles. The normalized spacial score (nSPS) is 13.5. The summed E-state index contributed by atoms with van der Waals surface area (Å²) < 4.78 is 5.27. The number of benzene rings is 1. The smallest absolute Gasteiger partial charge is 0.262 e. The van der Waals surface area contributed by atoms with Crippen molar-refractivity contribution in [3.05, 3.63) is 17.2 Å². The average molecular weight is 298 g/mol. The number of fused-ring (bicyclic) bond motifs is 1. The Labute approximate surface area is 121 Å². The minimum absolute atomic E-state index is 0.0447. The van der Waals surface area contributed by atoms with Gasteiger partial charge in [-0.15, -0.1) is 0 Å². The quantitative estimate of drug-likeness (QED) is 0.789. The van der Waals surface area contributed by atoms with Gasteiger partial charge >= 0.3 is 0 Å². The van der Waals surface area contributed by atoms with E-state index in [9.17, 15) is 9.59 Å². The maximum atomic E-state index is 11.7. The topological polar surface area (TPSA) is 79.5 Å². The Morgan fingerprint density at radius 1 is 1.50 bits per heavy atom. The number of anilines is 2. The van der Waals surface area contributed by atoms with Crippen LogP contribution in [-0.4, -0.2) is 31.0 Å². The zero-order valence-corrected chi connectivity index (χ0v) is 12.0. The van der Waals surface area contributed by atoms with Crippen LogP contribution in [0.1, 0.15) is 13.8 Å². The average Bonchev–Trinajstić information content (AvgIpc) is 2.37. The fourth-order valence-electron chi connectivity index (χ4n) is 1.69. The van der Waals surface area contributed by atoms with Crippen LogP contribution in [0.5, 0.6) is 5.75 Å². The fraction of sp³-hybridized carbons (Fsp3) is 0.385. The van der Waals surface area contributed by atoms with Crippen molar-refractivity contribution in [1.82, 2.24) is 5.32 Å². The van der Waals surface area contributed by atoms with Gasteiger partial charge in [0.1, 0.15) is 5.75 Å². The minimum atomic E-state index is -0.230. The van der Waals surface area contributed by atoms with E-state index in [1.807, 2.05) is 13.8 Å². The molecule has 1 aromatic carbocycles. The van der Waals surface area contributed by atoms with Gasteiger partial charge in [-0.2, -0.15) is 0 Å². The van der Waals surface area contributed by atoms with Gasteiger partial charge in [-0.3, -0.25) is 9.59 Å². The third kappa shape index (κ3) is 3.61. The number of hydrogen-bond acceptors (Lipinski definition) is 4. The molecule has 0 fully saturated rings. The Morgan fingerprint density at radius 3 is 2.95 bits per heavy atom.